The predicted molar refractivity (Wildman–Crippen MR) is 212 cm³/mol. The smallest absolute Gasteiger partial charge is 0.410 e. The highest BCUT2D eigenvalue weighted by Gasteiger charge is 2.44. The second-order valence-corrected chi connectivity index (χ2v) is 14.9. The van der Waals surface area contributed by atoms with Crippen molar-refractivity contribution < 1.29 is 63.7 Å². The van der Waals surface area contributed by atoms with E-state index in [-0.39, 0.29) is 117 Å². The van der Waals surface area contributed by atoms with E-state index in [0.717, 1.165) is 4.90 Å². The SMILES string of the molecule is Br.CC(C)(C)OC(=O)N1C[C@@H](c2c(F)c(F)cc(F)c2F)CC1C(=O)CN1CCOCC1.Cl.Cl.Cl.O=C(CN1CCOCC1)C1C[C@H](c2c(F)c(F)cc(F)c2F)CN1. The van der Waals surface area contributed by atoms with Gasteiger partial charge in [-0.2, -0.15) is 0 Å². The molecule has 0 aliphatic carbocycles. The Kier molecular flexibility index (Phi) is 22.0. The number of carbonyl (C=O) groups excluding carboxylic acids is 3. The first-order valence-corrected chi connectivity index (χ1v) is 18.0. The monoisotopic (exact) mass is 980 g/mol. The molecule has 6 rings (SSSR count). The lowest BCUT2D eigenvalue weighted by molar-refractivity contribution is -0.125. The number of nitrogens with one attached hydrogen (secondary N) is 1. The lowest BCUT2D eigenvalue weighted by atomic mass is 9.93. The Morgan fingerprint density at radius 2 is 1.08 bits per heavy atom. The van der Waals surface area contributed by atoms with Crippen LogP contribution in [0.5, 0.6) is 0 Å². The Morgan fingerprint density at radius 3 is 1.51 bits per heavy atom. The number of carbonyl (C=O) groups is 3. The lowest BCUT2D eigenvalue weighted by Gasteiger charge is -2.30. The van der Waals surface area contributed by atoms with Crippen LogP contribution < -0.4 is 5.32 Å². The number of nitrogens with zero attached hydrogens (tertiary/aromatic N) is 3. The molecule has 2 aromatic carbocycles. The molecule has 4 aliphatic heterocycles. The Labute approximate surface area is 366 Å². The maximum atomic E-state index is 14.4. The van der Waals surface area contributed by atoms with Gasteiger partial charge < -0.3 is 19.5 Å². The zero-order chi connectivity index (χ0) is 40.2. The van der Waals surface area contributed by atoms with Crippen molar-refractivity contribution in [2.45, 2.75) is 63.1 Å². The third-order valence-corrected chi connectivity index (χ3v) is 9.89. The van der Waals surface area contributed by atoms with E-state index in [1.54, 1.807) is 20.8 Å². The molecule has 0 bridgehead atoms. The van der Waals surface area contributed by atoms with Crippen LogP contribution in [-0.4, -0.2) is 129 Å². The van der Waals surface area contributed by atoms with Crippen LogP contribution in [-0.2, 0) is 23.8 Å². The van der Waals surface area contributed by atoms with Gasteiger partial charge in [0.2, 0.25) is 0 Å². The first kappa shape index (κ1) is 54.7. The summed E-state index contributed by atoms with van der Waals surface area (Å²) >= 11 is 0. The zero-order valence-electron chi connectivity index (χ0n) is 32.3. The van der Waals surface area contributed by atoms with Gasteiger partial charge in [0.05, 0.1) is 51.6 Å². The number of ether oxygens (including phenoxy) is 3. The second-order valence-electron chi connectivity index (χ2n) is 14.9. The summed E-state index contributed by atoms with van der Waals surface area (Å²) in [6, 6.07) is -1.29. The van der Waals surface area contributed by atoms with E-state index in [1.807, 2.05) is 9.80 Å². The molecule has 59 heavy (non-hydrogen) atoms. The number of halogens is 12. The van der Waals surface area contributed by atoms with Gasteiger partial charge in [0.15, 0.2) is 58.1 Å². The molecular formula is C37H48BrCl3F8N4O6. The summed E-state index contributed by atoms with van der Waals surface area (Å²) in [6.07, 6.45) is -0.882. The minimum absolute atomic E-state index is 0. The van der Waals surface area contributed by atoms with Crippen LogP contribution >= 0.6 is 54.2 Å². The number of ketones is 2. The van der Waals surface area contributed by atoms with Crippen LogP contribution in [0.4, 0.5) is 39.9 Å². The van der Waals surface area contributed by atoms with Crippen molar-refractivity contribution >= 4 is 71.9 Å². The Hall–Kier alpha value is -2.36. The van der Waals surface area contributed by atoms with Gasteiger partial charge in [-0.25, -0.2) is 39.9 Å². The van der Waals surface area contributed by atoms with E-state index >= 15 is 0 Å². The van der Waals surface area contributed by atoms with Crippen molar-refractivity contribution in [1.29, 1.82) is 0 Å². The fourth-order valence-electron chi connectivity index (χ4n) is 7.15. The van der Waals surface area contributed by atoms with Crippen molar-refractivity contribution in [3.63, 3.8) is 0 Å². The normalized spacial score (nSPS) is 22.1. The highest BCUT2D eigenvalue weighted by molar-refractivity contribution is 8.93. The molecule has 4 atom stereocenters. The highest BCUT2D eigenvalue weighted by Crippen LogP contribution is 2.38. The molecule has 0 spiro atoms. The molecule has 2 aromatic rings. The van der Waals surface area contributed by atoms with Gasteiger partial charge in [-0.05, 0) is 33.6 Å². The number of amides is 1. The van der Waals surface area contributed by atoms with Gasteiger partial charge in [0.25, 0.3) is 0 Å². The summed E-state index contributed by atoms with van der Waals surface area (Å²) in [4.78, 5) is 43.0. The lowest BCUT2D eigenvalue weighted by Crippen LogP contribution is -2.48. The fourth-order valence-corrected chi connectivity index (χ4v) is 7.15. The van der Waals surface area contributed by atoms with Crippen LogP contribution in [0.15, 0.2) is 12.1 Å². The van der Waals surface area contributed by atoms with Crippen LogP contribution in [0, 0.1) is 46.5 Å². The topological polar surface area (TPSA) is 101 Å². The summed E-state index contributed by atoms with van der Waals surface area (Å²) in [7, 11) is 0. The van der Waals surface area contributed by atoms with Crippen molar-refractivity contribution in [2.24, 2.45) is 0 Å². The number of morpholine rings is 2. The molecule has 0 aromatic heterocycles. The van der Waals surface area contributed by atoms with Crippen LogP contribution in [0.25, 0.3) is 0 Å². The molecule has 336 valence electrons. The molecular weight excluding hydrogens is 935 g/mol. The minimum atomic E-state index is -1.53. The summed E-state index contributed by atoms with van der Waals surface area (Å²) in [6.45, 7) is 9.39. The van der Waals surface area contributed by atoms with Crippen molar-refractivity contribution in [1.82, 2.24) is 20.0 Å². The van der Waals surface area contributed by atoms with E-state index in [2.05, 4.69) is 5.32 Å². The van der Waals surface area contributed by atoms with E-state index in [1.165, 1.54) is 0 Å². The summed E-state index contributed by atoms with van der Waals surface area (Å²) in [5.74, 6) is -14.0. The van der Waals surface area contributed by atoms with Crippen LogP contribution in [0.3, 0.4) is 0 Å². The van der Waals surface area contributed by atoms with Gasteiger partial charge in [0.1, 0.15) is 5.60 Å². The second kappa shape index (κ2) is 23.7. The molecule has 2 unspecified atom stereocenters. The molecule has 1 amide bonds. The van der Waals surface area contributed by atoms with E-state index < -0.39 is 93.3 Å². The first-order chi connectivity index (χ1) is 25.9. The summed E-state index contributed by atoms with van der Waals surface area (Å²) in [5.41, 5.74) is -2.29. The van der Waals surface area contributed by atoms with Crippen molar-refractivity contribution in [2.75, 3.05) is 78.8 Å². The van der Waals surface area contributed by atoms with Crippen LogP contribution in [0.2, 0.25) is 0 Å². The Bertz CT molecular complexity index is 1710. The number of benzene rings is 2. The number of rotatable bonds is 8. The molecule has 4 aliphatic rings. The highest BCUT2D eigenvalue weighted by atomic mass is 79.9. The molecule has 0 radical (unpaired) electrons. The van der Waals surface area contributed by atoms with E-state index in [4.69, 9.17) is 14.2 Å². The third-order valence-electron chi connectivity index (χ3n) is 9.89. The molecule has 4 fully saturated rings. The molecule has 0 saturated carbocycles. The fraction of sp³-hybridized carbons (Fsp3) is 0.595. The number of likely N-dealkylation sites (tertiary alicyclic amines) is 1. The molecule has 10 nitrogen and oxygen atoms in total. The Balaban J connectivity index is 0.000000567. The van der Waals surface area contributed by atoms with E-state index in [9.17, 15) is 49.5 Å². The van der Waals surface area contributed by atoms with Gasteiger partial charge >= 0.3 is 6.09 Å². The average Bonchev–Trinajstić information content (AvgIpc) is 3.80. The number of Topliss-reactive ketones (excluding diaryl/α,β-unsaturated/α-hetero) is 2. The predicted octanol–water partition coefficient (Wildman–Crippen LogP) is 6.67. The average molecular weight is 983 g/mol. The summed E-state index contributed by atoms with van der Waals surface area (Å²) in [5, 5.41) is 2.90. The number of hydrogen-bond acceptors (Lipinski definition) is 9. The maximum absolute atomic E-state index is 14.4. The molecule has 4 saturated heterocycles. The number of hydrogen-bond donors (Lipinski definition) is 1. The third kappa shape index (κ3) is 13.8. The van der Waals surface area contributed by atoms with Crippen molar-refractivity contribution in [3.8, 4) is 0 Å². The summed E-state index contributed by atoms with van der Waals surface area (Å²) < 4.78 is 126. The molecule has 1 N–H and O–H groups in total. The quantitative estimate of drug-likeness (QED) is 0.230. The maximum Gasteiger partial charge on any atom is 0.410 e. The Morgan fingerprint density at radius 1 is 0.678 bits per heavy atom. The zero-order valence-corrected chi connectivity index (χ0v) is 36.5. The van der Waals surface area contributed by atoms with E-state index in [0.29, 0.717) is 52.6 Å². The largest absolute Gasteiger partial charge is 0.444 e. The van der Waals surface area contributed by atoms with Gasteiger partial charge in [-0.3, -0.25) is 24.3 Å². The molecule has 22 heteroatoms. The van der Waals surface area contributed by atoms with Gasteiger partial charge in [0, 0.05) is 74.4 Å². The van der Waals surface area contributed by atoms with Gasteiger partial charge in [-0.15, -0.1) is 54.2 Å². The van der Waals surface area contributed by atoms with Gasteiger partial charge in [-0.1, -0.05) is 0 Å². The van der Waals surface area contributed by atoms with Crippen molar-refractivity contribution in [3.05, 3.63) is 69.8 Å². The van der Waals surface area contributed by atoms with Crippen LogP contribution in [0.1, 0.15) is 56.6 Å². The first-order valence-electron chi connectivity index (χ1n) is 18.0. The standard InChI is InChI=1S/C21H26F4N2O4.C16H18F4N2O2.BrH.3ClH/c1-21(2,3)31-20(29)27-10-12(17-18(24)13(22)9-14(23)19(17)25)8-15(27)16(28)11-26-4-6-30-7-5-26;17-10-6-11(18)16(20)14(15(10)19)9-5-12(21-7-9)13(23)8-22-1-3-24-4-2-22;;;;/h9,12,15H,4-8,10-11H2,1-3H3;6,9,12,21H,1-5,7-8H2;4*1H/t12-,15?;9-,12?;;;;/m00..../s1. The molecule has 4 heterocycles. The minimum Gasteiger partial charge on any atom is -0.444 e.